The molecule has 1 saturated heterocycles. The normalized spacial score (nSPS) is 20.6. The molecule has 0 radical (unpaired) electrons. The Labute approximate surface area is 219 Å². The van der Waals surface area contributed by atoms with E-state index in [4.69, 9.17) is 11.6 Å². The molecule has 3 heterocycles. The molecular formula is C24H20ClF5N4O3S. The quantitative estimate of drug-likeness (QED) is 0.367. The van der Waals surface area contributed by atoms with E-state index in [1.807, 2.05) is 0 Å². The smallest absolute Gasteiger partial charge is 0.298 e. The number of carbonyl (C=O) groups excluding carboxylic acids is 1. The van der Waals surface area contributed by atoms with Gasteiger partial charge in [-0.25, -0.2) is 27.2 Å². The molecule has 0 N–H and O–H groups in total. The van der Waals surface area contributed by atoms with Gasteiger partial charge in [-0.3, -0.25) is 9.78 Å². The van der Waals surface area contributed by atoms with Crippen LogP contribution in [0.25, 0.3) is 11.3 Å². The van der Waals surface area contributed by atoms with Crippen LogP contribution in [0.3, 0.4) is 0 Å². The van der Waals surface area contributed by atoms with E-state index in [0.717, 1.165) is 22.9 Å². The van der Waals surface area contributed by atoms with Gasteiger partial charge in [-0.1, -0.05) is 11.6 Å². The van der Waals surface area contributed by atoms with Crippen molar-refractivity contribution in [1.82, 2.24) is 19.3 Å². The van der Waals surface area contributed by atoms with E-state index in [1.165, 1.54) is 37.3 Å². The average Bonchev–Trinajstić information content (AvgIpc) is 3.18. The molecule has 3 atom stereocenters. The summed E-state index contributed by atoms with van der Waals surface area (Å²) in [6.07, 6.45) is -4.53. The second kappa shape index (κ2) is 10.6. The number of alkyl halides is 4. The topological polar surface area (TPSA) is 93.1 Å². The van der Waals surface area contributed by atoms with Crippen molar-refractivity contribution in [3.8, 4) is 11.3 Å². The molecule has 1 aliphatic heterocycles. The first-order chi connectivity index (χ1) is 17.8. The molecule has 1 fully saturated rings. The highest BCUT2D eigenvalue weighted by Crippen LogP contribution is 2.34. The van der Waals surface area contributed by atoms with Gasteiger partial charge < -0.3 is 0 Å². The van der Waals surface area contributed by atoms with Crippen LogP contribution in [0.5, 0.6) is 0 Å². The van der Waals surface area contributed by atoms with Crippen molar-refractivity contribution in [2.24, 2.45) is 0 Å². The first-order valence-electron chi connectivity index (χ1n) is 11.3. The highest BCUT2D eigenvalue weighted by atomic mass is 35.5. The van der Waals surface area contributed by atoms with Crippen LogP contribution in [0.15, 0.2) is 53.8 Å². The van der Waals surface area contributed by atoms with E-state index >= 15 is 0 Å². The molecule has 1 aromatic carbocycles. The molecule has 38 heavy (non-hydrogen) atoms. The largest absolute Gasteiger partial charge is 0.451 e. The van der Waals surface area contributed by atoms with Gasteiger partial charge in [-0.05, 0) is 49.2 Å². The van der Waals surface area contributed by atoms with Gasteiger partial charge in [0.05, 0.1) is 28.9 Å². The van der Waals surface area contributed by atoms with E-state index < -0.39 is 51.9 Å². The van der Waals surface area contributed by atoms with Crippen LogP contribution >= 0.6 is 11.6 Å². The minimum Gasteiger partial charge on any atom is -0.298 e. The van der Waals surface area contributed by atoms with Crippen molar-refractivity contribution in [3.05, 3.63) is 71.2 Å². The fourth-order valence-corrected chi connectivity index (χ4v) is 6.16. The van der Waals surface area contributed by atoms with E-state index in [-0.39, 0.29) is 41.0 Å². The number of aromatic nitrogens is 3. The molecule has 14 heteroatoms. The summed E-state index contributed by atoms with van der Waals surface area (Å²) in [7, 11) is -4.24. The molecular weight excluding hydrogens is 555 g/mol. The number of benzene rings is 1. The molecule has 1 aliphatic rings. The van der Waals surface area contributed by atoms with Gasteiger partial charge >= 0.3 is 6.18 Å². The number of pyridine rings is 1. The Morgan fingerprint density at radius 1 is 1.11 bits per heavy atom. The number of aryl methyl sites for hydroxylation is 1. The fourth-order valence-electron chi connectivity index (χ4n) is 4.21. The summed E-state index contributed by atoms with van der Waals surface area (Å²) in [5, 5.41) is 0.302. The van der Waals surface area contributed by atoms with Gasteiger partial charge in [0.1, 0.15) is 12.0 Å². The molecule has 0 aliphatic carbocycles. The highest BCUT2D eigenvalue weighted by molar-refractivity contribution is 7.89. The molecule has 0 unspecified atom stereocenters. The number of halogens is 6. The standard InChI is InChI=1S/C24H20ClF5N4O3S/c1-13-18(26)9-21(34(13)38(36,37)17-5-3-16(25)4-6-17)22(35)7-2-14-8-20(31-12-19(14)27)15-10-32-23(33-11-15)24(28,29)30/h3-6,8,10-13,18,21H,2,7,9H2,1H3/t13-,18+,21-/m0/s1. The summed E-state index contributed by atoms with van der Waals surface area (Å²) < 4.78 is 94.6. The molecule has 0 amide bonds. The van der Waals surface area contributed by atoms with Crippen LogP contribution in [0, 0.1) is 5.82 Å². The van der Waals surface area contributed by atoms with Crippen molar-refractivity contribution in [2.75, 3.05) is 0 Å². The molecule has 0 bridgehead atoms. The molecule has 3 aromatic rings. The van der Waals surface area contributed by atoms with Crippen LogP contribution in [-0.4, -0.2) is 51.7 Å². The Morgan fingerprint density at radius 3 is 2.34 bits per heavy atom. The molecule has 0 spiro atoms. The third kappa shape index (κ3) is 5.69. The van der Waals surface area contributed by atoms with Crippen LogP contribution in [0.4, 0.5) is 22.0 Å². The maximum Gasteiger partial charge on any atom is 0.451 e. The van der Waals surface area contributed by atoms with Crippen molar-refractivity contribution in [3.63, 3.8) is 0 Å². The fraction of sp³-hybridized carbons (Fsp3) is 0.333. The van der Waals surface area contributed by atoms with Crippen LogP contribution in [-0.2, 0) is 27.4 Å². The van der Waals surface area contributed by atoms with Crippen LogP contribution in [0.2, 0.25) is 5.02 Å². The zero-order chi connectivity index (χ0) is 27.8. The third-order valence-corrected chi connectivity index (χ3v) is 8.48. The van der Waals surface area contributed by atoms with Gasteiger partial charge in [0.15, 0.2) is 5.78 Å². The Bertz CT molecular complexity index is 1440. The summed E-state index contributed by atoms with van der Waals surface area (Å²) in [5.41, 5.74) is 0.182. The second-order valence-corrected chi connectivity index (χ2v) is 11.0. The number of hydrogen-bond acceptors (Lipinski definition) is 6. The molecule has 2 aromatic heterocycles. The van der Waals surface area contributed by atoms with E-state index in [1.54, 1.807) is 0 Å². The van der Waals surface area contributed by atoms with Crippen molar-refractivity contribution < 1.29 is 35.2 Å². The zero-order valence-electron chi connectivity index (χ0n) is 19.7. The summed E-state index contributed by atoms with van der Waals surface area (Å²) in [6.45, 7) is 1.37. The lowest BCUT2D eigenvalue weighted by Gasteiger charge is -2.26. The number of Topliss-reactive ketones (excluding diaryl/α,β-unsaturated/α-hetero) is 1. The number of nitrogens with zero attached hydrogens (tertiary/aromatic N) is 4. The number of hydrogen-bond donors (Lipinski definition) is 0. The maximum atomic E-state index is 14.6. The van der Waals surface area contributed by atoms with Gasteiger partial charge in [-0.2, -0.15) is 17.5 Å². The summed E-state index contributed by atoms with van der Waals surface area (Å²) in [6, 6.07) is 4.09. The van der Waals surface area contributed by atoms with Gasteiger partial charge in [0, 0.05) is 35.8 Å². The first-order valence-corrected chi connectivity index (χ1v) is 13.1. The predicted octanol–water partition coefficient (Wildman–Crippen LogP) is 5.04. The first kappa shape index (κ1) is 28.0. The van der Waals surface area contributed by atoms with Crippen LogP contribution < -0.4 is 0 Å². The lowest BCUT2D eigenvalue weighted by atomic mass is 10.0. The SMILES string of the molecule is C[C@H]1[C@H](F)C[C@@H](C(=O)CCc2cc(-c3cnc(C(F)(F)F)nc3)ncc2F)N1S(=O)(=O)c1ccc(Cl)cc1. The Hall–Kier alpha value is -3.03. The molecule has 7 nitrogen and oxygen atoms in total. The van der Waals surface area contributed by atoms with E-state index in [9.17, 15) is 35.2 Å². The lowest BCUT2D eigenvalue weighted by molar-refractivity contribution is -0.145. The second-order valence-electron chi connectivity index (χ2n) is 8.72. The Morgan fingerprint density at radius 2 is 1.74 bits per heavy atom. The zero-order valence-corrected chi connectivity index (χ0v) is 21.2. The minimum absolute atomic E-state index is 0.0122. The number of rotatable bonds is 7. The third-order valence-electron chi connectivity index (χ3n) is 6.22. The Kier molecular flexibility index (Phi) is 7.82. The monoisotopic (exact) mass is 574 g/mol. The van der Waals surface area contributed by atoms with Gasteiger partial charge in [-0.15, -0.1) is 0 Å². The van der Waals surface area contributed by atoms with Crippen LogP contribution in [0.1, 0.15) is 31.2 Å². The van der Waals surface area contributed by atoms with Gasteiger partial charge in [0.25, 0.3) is 0 Å². The minimum atomic E-state index is -4.73. The summed E-state index contributed by atoms with van der Waals surface area (Å²) in [5.74, 6) is -2.72. The Balaban J connectivity index is 1.53. The highest BCUT2D eigenvalue weighted by Gasteiger charge is 2.48. The molecule has 4 rings (SSSR count). The molecule has 0 saturated carbocycles. The van der Waals surface area contributed by atoms with Crippen molar-refractivity contribution >= 4 is 27.4 Å². The van der Waals surface area contributed by atoms with Gasteiger partial charge in [0.2, 0.25) is 15.8 Å². The van der Waals surface area contributed by atoms with Crippen molar-refractivity contribution in [2.45, 2.75) is 55.5 Å². The summed E-state index contributed by atoms with van der Waals surface area (Å²) >= 11 is 5.83. The van der Waals surface area contributed by atoms with E-state index in [2.05, 4.69) is 15.0 Å². The van der Waals surface area contributed by atoms with E-state index in [0.29, 0.717) is 5.02 Å². The molecule has 202 valence electrons. The number of ketones is 1. The lowest BCUT2D eigenvalue weighted by Crippen LogP contribution is -2.44. The number of carbonyl (C=O) groups is 1. The predicted molar refractivity (Wildman–Crippen MR) is 127 cm³/mol. The number of sulfonamides is 1. The average molecular weight is 575 g/mol. The summed E-state index contributed by atoms with van der Waals surface area (Å²) in [4.78, 5) is 23.3. The maximum absolute atomic E-state index is 14.6. The van der Waals surface area contributed by atoms with Crippen molar-refractivity contribution in [1.29, 1.82) is 0 Å².